The molecule has 1 saturated heterocycles. The molecule has 1 fully saturated rings. The molecule has 5 nitrogen and oxygen atoms in total. The fourth-order valence-electron chi connectivity index (χ4n) is 4.23. The summed E-state index contributed by atoms with van der Waals surface area (Å²) in [5, 5.41) is 6.52. The second-order valence-electron chi connectivity index (χ2n) is 7.99. The van der Waals surface area contributed by atoms with E-state index in [9.17, 15) is 4.79 Å². The van der Waals surface area contributed by atoms with Crippen LogP contribution in [0, 0.1) is 6.92 Å². The molecular weight excluding hydrogens is 362 g/mol. The maximum atomic E-state index is 13.2. The van der Waals surface area contributed by atoms with Gasteiger partial charge in [0.1, 0.15) is 5.75 Å². The number of piperidine rings is 1. The summed E-state index contributed by atoms with van der Waals surface area (Å²) >= 11 is 0. The van der Waals surface area contributed by atoms with Crippen molar-refractivity contribution in [3.8, 4) is 5.75 Å². The molecule has 0 saturated carbocycles. The van der Waals surface area contributed by atoms with Crippen LogP contribution >= 0.6 is 0 Å². The van der Waals surface area contributed by atoms with Crippen molar-refractivity contribution >= 4 is 11.6 Å². The number of rotatable bonds is 5. The zero-order valence-electron chi connectivity index (χ0n) is 17.3. The van der Waals surface area contributed by atoms with Gasteiger partial charge in [0.2, 0.25) is 0 Å². The Morgan fingerprint density at radius 2 is 1.90 bits per heavy atom. The van der Waals surface area contributed by atoms with Crippen molar-refractivity contribution in [1.82, 2.24) is 9.91 Å². The van der Waals surface area contributed by atoms with Crippen molar-refractivity contribution in [3.05, 3.63) is 65.2 Å². The number of hydrazone groups is 1. The normalized spacial score (nSPS) is 19.9. The average molecular weight is 392 g/mol. The van der Waals surface area contributed by atoms with Crippen LogP contribution in [0.3, 0.4) is 0 Å². The van der Waals surface area contributed by atoms with E-state index in [4.69, 9.17) is 9.84 Å². The van der Waals surface area contributed by atoms with E-state index < -0.39 is 0 Å². The number of likely N-dealkylation sites (tertiary alicyclic amines) is 1. The monoisotopic (exact) mass is 391 g/mol. The second-order valence-corrected chi connectivity index (χ2v) is 7.99. The van der Waals surface area contributed by atoms with Gasteiger partial charge in [0, 0.05) is 6.42 Å². The molecule has 0 aromatic heterocycles. The molecule has 0 aliphatic carbocycles. The van der Waals surface area contributed by atoms with Crippen LogP contribution in [-0.2, 0) is 4.79 Å². The van der Waals surface area contributed by atoms with E-state index in [1.807, 2.05) is 24.3 Å². The van der Waals surface area contributed by atoms with E-state index in [1.165, 1.54) is 24.8 Å². The summed E-state index contributed by atoms with van der Waals surface area (Å²) in [6, 6.07) is 16.2. The van der Waals surface area contributed by atoms with Crippen LogP contribution in [0.1, 0.15) is 48.4 Å². The summed E-state index contributed by atoms with van der Waals surface area (Å²) in [4.78, 5) is 15.5. The molecule has 2 aliphatic heterocycles. The van der Waals surface area contributed by atoms with Crippen LogP contribution in [0.15, 0.2) is 53.6 Å². The number of carbonyl (C=O) groups is 1. The van der Waals surface area contributed by atoms with Gasteiger partial charge in [0.25, 0.3) is 5.91 Å². The molecule has 29 heavy (non-hydrogen) atoms. The van der Waals surface area contributed by atoms with Crippen molar-refractivity contribution in [2.45, 2.75) is 38.6 Å². The molecule has 1 atom stereocenters. The van der Waals surface area contributed by atoms with E-state index >= 15 is 0 Å². The molecule has 1 amide bonds. The molecular formula is C24H29N3O2. The van der Waals surface area contributed by atoms with Crippen LogP contribution in [-0.4, -0.2) is 48.3 Å². The van der Waals surface area contributed by atoms with E-state index in [0.717, 1.165) is 35.7 Å². The molecule has 2 aromatic carbocycles. The van der Waals surface area contributed by atoms with Gasteiger partial charge in [-0.15, -0.1) is 0 Å². The number of hydrogen-bond acceptors (Lipinski definition) is 4. The Morgan fingerprint density at radius 3 is 2.66 bits per heavy atom. The third-order valence-electron chi connectivity index (χ3n) is 5.80. The van der Waals surface area contributed by atoms with Crippen molar-refractivity contribution in [2.75, 3.05) is 26.7 Å². The van der Waals surface area contributed by atoms with Gasteiger partial charge in [0.15, 0.2) is 0 Å². The fourth-order valence-corrected chi connectivity index (χ4v) is 4.23. The first-order valence-corrected chi connectivity index (χ1v) is 10.5. The highest BCUT2D eigenvalue weighted by atomic mass is 16.5. The maximum Gasteiger partial charge on any atom is 0.257 e. The molecule has 0 N–H and O–H groups in total. The van der Waals surface area contributed by atoms with Crippen LogP contribution in [0.25, 0.3) is 0 Å². The van der Waals surface area contributed by atoms with E-state index in [2.05, 4.69) is 36.1 Å². The summed E-state index contributed by atoms with van der Waals surface area (Å²) < 4.78 is 5.41. The lowest BCUT2D eigenvalue weighted by molar-refractivity contribution is -0.134. The highest BCUT2D eigenvalue weighted by molar-refractivity contribution is 6.03. The summed E-state index contributed by atoms with van der Waals surface area (Å²) in [6.45, 7) is 4.51. The Morgan fingerprint density at radius 1 is 1.10 bits per heavy atom. The van der Waals surface area contributed by atoms with Crippen molar-refractivity contribution in [2.24, 2.45) is 5.10 Å². The van der Waals surface area contributed by atoms with Gasteiger partial charge in [0.05, 0.1) is 25.4 Å². The number of amides is 1. The second kappa shape index (κ2) is 8.78. The summed E-state index contributed by atoms with van der Waals surface area (Å²) in [5.41, 5.74) is 4.31. The van der Waals surface area contributed by atoms with Crippen LogP contribution < -0.4 is 4.74 Å². The van der Waals surface area contributed by atoms with Crippen LogP contribution in [0.4, 0.5) is 0 Å². The Bertz CT molecular complexity index is 903. The van der Waals surface area contributed by atoms with Crippen molar-refractivity contribution in [1.29, 1.82) is 0 Å². The highest BCUT2D eigenvalue weighted by Gasteiger charge is 2.34. The number of hydrogen-bond donors (Lipinski definition) is 0. The summed E-state index contributed by atoms with van der Waals surface area (Å²) in [6.07, 6.45) is 4.31. The first kappa shape index (κ1) is 19.6. The number of benzene rings is 2. The third-order valence-corrected chi connectivity index (χ3v) is 5.80. The molecule has 0 bridgehead atoms. The lowest BCUT2D eigenvalue weighted by atomic mass is 9.97. The summed E-state index contributed by atoms with van der Waals surface area (Å²) in [5.74, 6) is 0.873. The molecule has 5 heteroatoms. The molecule has 4 rings (SSSR count). The van der Waals surface area contributed by atoms with Gasteiger partial charge in [-0.25, -0.2) is 5.01 Å². The van der Waals surface area contributed by atoms with Gasteiger partial charge >= 0.3 is 0 Å². The Labute approximate surface area is 173 Å². The maximum absolute atomic E-state index is 13.2. The molecule has 152 valence electrons. The number of methoxy groups -OCH3 is 1. The predicted octanol–water partition coefficient (Wildman–Crippen LogP) is 4.17. The molecule has 2 heterocycles. The average Bonchev–Trinajstić information content (AvgIpc) is 3.20. The van der Waals surface area contributed by atoms with E-state index in [0.29, 0.717) is 13.0 Å². The molecule has 2 aliphatic rings. The molecule has 0 radical (unpaired) electrons. The zero-order chi connectivity index (χ0) is 20.2. The SMILES string of the molecule is COc1cccc([C@H]2CC(c3cccc(C)c3)=NN2C(=O)CN2CCCCC2)c1. The number of nitrogens with zero attached hydrogens (tertiary/aromatic N) is 3. The number of carbonyl (C=O) groups excluding carboxylic acids is 1. The van der Waals surface area contributed by atoms with E-state index in [1.54, 1.807) is 12.1 Å². The topological polar surface area (TPSA) is 45.1 Å². The first-order chi connectivity index (χ1) is 14.1. The number of ether oxygens (including phenoxy) is 1. The van der Waals surface area contributed by atoms with Gasteiger partial charge in [-0.1, -0.05) is 48.4 Å². The van der Waals surface area contributed by atoms with Gasteiger partial charge in [-0.05, 0) is 56.1 Å². The predicted molar refractivity (Wildman–Crippen MR) is 115 cm³/mol. The van der Waals surface area contributed by atoms with Gasteiger partial charge < -0.3 is 4.74 Å². The Kier molecular flexibility index (Phi) is 5.95. The summed E-state index contributed by atoms with van der Waals surface area (Å²) in [7, 11) is 1.67. The zero-order valence-corrected chi connectivity index (χ0v) is 17.3. The Hall–Kier alpha value is -2.66. The fraction of sp³-hybridized carbons (Fsp3) is 0.417. The van der Waals surface area contributed by atoms with Gasteiger partial charge in [-0.3, -0.25) is 9.69 Å². The largest absolute Gasteiger partial charge is 0.497 e. The lowest BCUT2D eigenvalue weighted by Crippen LogP contribution is -2.40. The quantitative estimate of drug-likeness (QED) is 0.769. The van der Waals surface area contributed by atoms with Crippen LogP contribution in [0.5, 0.6) is 5.75 Å². The van der Waals surface area contributed by atoms with Crippen LogP contribution in [0.2, 0.25) is 0 Å². The smallest absolute Gasteiger partial charge is 0.257 e. The number of aryl methyl sites for hydroxylation is 1. The highest BCUT2D eigenvalue weighted by Crippen LogP contribution is 2.34. The minimum Gasteiger partial charge on any atom is -0.497 e. The minimum absolute atomic E-state index is 0.0716. The molecule has 2 aromatic rings. The van der Waals surface area contributed by atoms with Crippen molar-refractivity contribution in [3.63, 3.8) is 0 Å². The third kappa shape index (κ3) is 4.51. The Balaban J connectivity index is 1.62. The minimum atomic E-state index is -0.0992. The van der Waals surface area contributed by atoms with Crippen molar-refractivity contribution < 1.29 is 9.53 Å². The standard InChI is InChI=1S/C24H29N3O2/c1-18-8-6-9-19(14-18)22-16-23(20-10-7-11-21(15-20)29-2)27(25-22)24(28)17-26-12-4-3-5-13-26/h6-11,14-15,23H,3-5,12-13,16-17H2,1-2H3/t23-/m1/s1. The molecule has 0 spiro atoms. The van der Waals surface area contributed by atoms with Gasteiger partial charge in [-0.2, -0.15) is 5.10 Å². The van der Waals surface area contributed by atoms with E-state index in [-0.39, 0.29) is 11.9 Å². The first-order valence-electron chi connectivity index (χ1n) is 10.5. The lowest BCUT2D eigenvalue weighted by Gasteiger charge is -2.29. The molecule has 0 unspecified atom stereocenters.